The van der Waals surface area contributed by atoms with Crippen LogP contribution in [-0.2, 0) is 4.79 Å². The summed E-state index contributed by atoms with van der Waals surface area (Å²) in [7, 11) is 0. The summed E-state index contributed by atoms with van der Waals surface area (Å²) in [5, 5.41) is 3.06. The highest BCUT2D eigenvalue weighted by Crippen LogP contribution is 2.37. The summed E-state index contributed by atoms with van der Waals surface area (Å²) >= 11 is 5.88. The Morgan fingerprint density at radius 1 is 1.50 bits per heavy atom. The summed E-state index contributed by atoms with van der Waals surface area (Å²) < 4.78 is 37.5. The Morgan fingerprint density at radius 2 is 2.17 bits per heavy atom. The SMILES string of the molecule is NC1=C2CNCC(C(=O)C(F)(F)F)C(C=C1Cl)C2. The second kappa shape index (κ2) is 4.59. The third-order valence-electron chi connectivity index (χ3n) is 3.32. The maximum Gasteiger partial charge on any atom is 0.450 e. The summed E-state index contributed by atoms with van der Waals surface area (Å²) in [6, 6.07) is 0. The molecular formula is C11H12ClF3N2O. The number of nitrogens with one attached hydrogen (secondary N) is 1. The fraction of sp³-hybridized carbons (Fsp3) is 0.545. The molecule has 3 nitrogen and oxygen atoms in total. The van der Waals surface area contributed by atoms with Crippen LogP contribution in [0.4, 0.5) is 13.2 Å². The minimum absolute atomic E-state index is 0.0134. The van der Waals surface area contributed by atoms with Crippen LogP contribution in [0.1, 0.15) is 6.42 Å². The van der Waals surface area contributed by atoms with E-state index in [-0.39, 0.29) is 11.6 Å². The van der Waals surface area contributed by atoms with E-state index in [1.54, 1.807) is 0 Å². The average Bonchev–Trinajstić information content (AvgIpc) is 2.44. The molecule has 18 heavy (non-hydrogen) atoms. The van der Waals surface area contributed by atoms with Crippen LogP contribution in [0.5, 0.6) is 0 Å². The fourth-order valence-electron chi connectivity index (χ4n) is 2.35. The molecule has 1 heterocycles. The summed E-state index contributed by atoms with van der Waals surface area (Å²) in [5.41, 5.74) is 6.91. The highest BCUT2D eigenvalue weighted by atomic mass is 35.5. The molecule has 1 fully saturated rings. The van der Waals surface area contributed by atoms with Crippen molar-refractivity contribution >= 4 is 17.4 Å². The normalized spacial score (nSPS) is 28.8. The maximum atomic E-state index is 12.5. The van der Waals surface area contributed by atoms with Gasteiger partial charge in [-0.3, -0.25) is 4.79 Å². The molecule has 100 valence electrons. The molecule has 3 N–H and O–H groups in total. The first-order chi connectivity index (χ1) is 8.30. The number of hydrogen-bond acceptors (Lipinski definition) is 3. The zero-order valence-electron chi connectivity index (χ0n) is 9.35. The van der Waals surface area contributed by atoms with Crippen LogP contribution in [-0.4, -0.2) is 25.0 Å². The van der Waals surface area contributed by atoms with E-state index in [4.69, 9.17) is 17.3 Å². The number of fused-ring (bicyclic) bond motifs is 2. The Bertz CT molecular complexity index is 442. The third-order valence-corrected chi connectivity index (χ3v) is 3.65. The fourth-order valence-corrected chi connectivity index (χ4v) is 2.65. The summed E-state index contributed by atoms with van der Waals surface area (Å²) in [6.07, 6.45) is -3.01. The van der Waals surface area contributed by atoms with E-state index in [9.17, 15) is 18.0 Å². The van der Waals surface area contributed by atoms with Gasteiger partial charge in [-0.2, -0.15) is 13.2 Å². The van der Waals surface area contributed by atoms with Crippen LogP contribution >= 0.6 is 11.6 Å². The van der Waals surface area contributed by atoms with Gasteiger partial charge in [0.05, 0.1) is 10.7 Å². The highest BCUT2D eigenvalue weighted by molar-refractivity contribution is 6.32. The van der Waals surface area contributed by atoms with Crippen molar-refractivity contribution < 1.29 is 18.0 Å². The van der Waals surface area contributed by atoms with E-state index in [1.807, 2.05) is 0 Å². The minimum atomic E-state index is -4.82. The number of carbonyl (C=O) groups is 1. The van der Waals surface area contributed by atoms with E-state index in [0.29, 0.717) is 18.7 Å². The number of alkyl halides is 3. The van der Waals surface area contributed by atoms with Gasteiger partial charge >= 0.3 is 6.18 Å². The summed E-state index contributed by atoms with van der Waals surface area (Å²) in [5.74, 6) is -3.38. The van der Waals surface area contributed by atoms with Crippen LogP contribution in [0.15, 0.2) is 22.4 Å². The van der Waals surface area contributed by atoms with Gasteiger partial charge in [0.1, 0.15) is 0 Å². The summed E-state index contributed by atoms with van der Waals surface area (Å²) in [4.78, 5) is 11.4. The van der Waals surface area contributed by atoms with Crippen molar-refractivity contribution in [3.8, 4) is 0 Å². The largest absolute Gasteiger partial charge is 0.450 e. The Hall–Kier alpha value is -1.01. The van der Waals surface area contributed by atoms with Crippen molar-refractivity contribution in [2.45, 2.75) is 12.6 Å². The monoisotopic (exact) mass is 280 g/mol. The Kier molecular flexibility index (Phi) is 3.42. The van der Waals surface area contributed by atoms with Gasteiger partial charge < -0.3 is 11.1 Å². The number of nitrogens with two attached hydrogens (primary N) is 1. The smallest absolute Gasteiger partial charge is 0.398 e. The highest BCUT2D eigenvalue weighted by Gasteiger charge is 2.46. The molecule has 7 heteroatoms. The van der Waals surface area contributed by atoms with E-state index in [1.165, 1.54) is 6.08 Å². The molecule has 0 aromatic rings. The number of halogens is 4. The molecule has 2 atom stereocenters. The molecule has 0 aromatic carbocycles. The number of ketones is 1. The second-order valence-electron chi connectivity index (χ2n) is 4.50. The number of Topliss-reactive ketones (excluding diaryl/α,β-unsaturated/α-hetero) is 1. The molecule has 0 radical (unpaired) electrons. The summed E-state index contributed by atoms with van der Waals surface area (Å²) in [6.45, 7) is 0.356. The molecule has 2 aliphatic rings. The maximum absolute atomic E-state index is 12.5. The number of rotatable bonds is 1. The molecule has 2 rings (SSSR count). The lowest BCUT2D eigenvalue weighted by Gasteiger charge is -2.25. The average molecular weight is 281 g/mol. The third kappa shape index (κ3) is 2.40. The first-order valence-electron chi connectivity index (χ1n) is 5.47. The van der Waals surface area contributed by atoms with E-state index in [0.717, 1.165) is 5.57 Å². The van der Waals surface area contributed by atoms with E-state index in [2.05, 4.69) is 5.32 Å². The van der Waals surface area contributed by atoms with Crippen LogP contribution in [0, 0.1) is 11.8 Å². The predicted octanol–water partition coefficient (Wildman–Crippen LogP) is 1.69. The van der Waals surface area contributed by atoms with Gasteiger partial charge in [-0.05, 0) is 17.9 Å². The molecule has 1 aliphatic heterocycles. The Morgan fingerprint density at radius 3 is 2.78 bits per heavy atom. The standard InChI is InChI=1S/C11H12ClF3N2O/c12-8-2-5-1-6(9(8)16)3-17-4-7(5)10(18)11(13,14)15/h2,5,7,17H,1,3-4,16H2. The van der Waals surface area contributed by atoms with Crippen molar-refractivity contribution in [2.75, 3.05) is 13.1 Å². The van der Waals surface area contributed by atoms with Crippen molar-refractivity contribution in [3.63, 3.8) is 0 Å². The molecule has 2 bridgehead atoms. The second-order valence-corrected chi connectivity index (χ2v) is 4.91. The van der Waals surface area contributed by atoms with Gasteiger partial charge in [-0.25, -0.2) is 0 Å². The molecule has 2 unspecified atom stereocenters. The van der Waals surface area contributed by atoms with Crippen molar-refractivity contribution in [1.29, 1.82) is 0 Å². The van der Waals surface area contributed by atoms with Gasteiger partial charge in [-0.15, -0.1) is 0 Å². The van der Waals surface area contributed by atoms with Gasteiger partial charge in [0.15, 0.2) is 0 Å². The quantitative estimate of drug-likeness (QED) is 0.769. The molecule has 0 aromatic heterocycles. The lowest BCUT2D eigenvalue weighted by Crippen LogP contribution is -2.39. The molecule has 0 saturated carbocycles. The van der Waals surface area contributed by atoms with Gasteiger partial charge in [0.25, 0.3) is 0 Å². The minimum Gasteiger partial charge on any atom is -0.398 e. The van der Waals surface area contributed by atoms with Crippen LogP contribution in [0.2, 0.25) is 0 Å². The number of carbonyl (C=O) groups excluding carboxylic acids is 1. The Balaban J connectivity index is 2.30. The van der Waals surface area contributed by atoms with E-state index < -0.39 is 23.8 Å². The first kappa shape index (κ1) is 13.4. The number of hydrogen-bond donors (Lipinski definition) is 2. The topological polar surface area (TPSA) is 55.1 Å². The molecular weight excluding hydrogens is 269 g/mol. The zero-order chi connectivity index (χ0) is 13.5. The van der Waals surface area contributed by atoms with Gasteiger partial charge in [0.2, 0.25) is 5.78 Å². The predicted molar refractivity (Wildman–Crippen MR) is 60.7 cm³/mol. The lowest BCUT2D eigenvalue weighted by molar-refractivity contribution is -0.176. The Labute approximate surface area is 107 Å². The lowest BCUT2D eigenvalue weighted by atomic mass is 9.81. The van der Waals surface area contributed by atoms with Crippen molar-refractivity contribution in [1.82, 2.24) is 5.32 Å². The van der Waals surface area contributed by atoms with Crippen molar-refractivity contribution in [3.05, 3.63) is 22.4 Å². The van der Waals surface area contributed by atoms with E-state index >= 15 is 0 Å². The zero-order valence-corrected chi connectivity index (χ0v) is 10.1. The first-order valence-corrected chi connectivity index (χ1v) is 5.85. The molecule has 1 aliphatic carbocycles. The van der Waals surface area contributed by atoms with Crippen LogP contribution in [0.25, 0.3) is 0 Å². The molecule has 1 saturated heterocycles. The van der Waals surface area contributed by atoms with Gasteiger partial charge in [0, 0.05) is 19.0 Å². The van der Waals surface area contributed by atoms with Crippen LogP contribution < -0.4 is 11.1 Å². The van der Waals surface area contributed by atoms with Gasteiger partial charge in [-0.1, -0.05) is 17.7 Å². The van der Waals surface area contributed by atoms with Crippen LogP contribution in [0.3, 0.4) is 0 Å². The van der Waals surface area contributed by atoms with Crippen molar-refractivity contribution in [2.24, 2.45) is 17.6 Å². The number of allylic oxidation sites excluding steroid dienone is 2. The molecule has 0 amide bonds. The molecule has 0 spiro atoms.